The lowest BCUT2D eigenvalue weighted by molar-refractivity contribution is 0.231. The van der Waals surface area contributed by atoms with Crippen molar-refractivity contribution in [2.45, 2.75) is 32.4 Å². The Morgan fingerprint density at radius 2 is 2.35 bits per heavy atom. The van der Waals surface area contributed by atoms with Crippen molar-refractivity contribution in [1.82, 2.24) is 29.8 Å². The normalized spacial score (nSPS) is 19.0. The molecular formula is C15H18N6O2. The minimum Gasteiger partial charge on any atom is -0.361 e. The maximum absolute atomic E-state index is 12.1. The third kappa shape index (κ3) is 2.44. The third-order valence-electron chi connectivity index (χ3n) is 4.35. The van der Waals surface area contributed by atoms with Gasteiger partial charge in [-0.05, 0) is 26.3 Å². The highest BCUT2D eigenvalue weighted by molar-refractivity contribution is 5.72. The average molecular weight is 314 g/mol. The Kier molecular flexibility index (Phi) is 3.26. The highest BCUT2D eigenvalue weighted by Gasteiger charge is 2.29. The van der Waals surface area contributed by atoms with Crippen molar-refractivity contribution in [3.8, 4) is 0 Å². The van der Waals surface area contributed by atoms with Crippen molar-refractivity contribution in [3.05, 3.63) is 39.9 Å². The van der Waals surface area contributed by atoms with Crippen LogP contribution >= 0.6 is 0 Å². The van der Waals surface area contributed by atoms with E-state index in [0.717, 1.165) is 30.8 Å². The first-order chi connectivity index (χ1) is 11.1. The summed E-state index contributed by atoms with van der Waals surface area (Å²) in [4.78, 5) is 21.8. The van der Waals surface area contributed by atoms with Gasteiger partial charge in [0.25, 0.3) is 5.56 Å². The van der Waals surface area contributed by atoms with Crippen LogP contribution in [0.25, 0.3) is 11.0 Å². The van der Waals surface area contributed by atoms with Crippen LogP contribution in [0, 0.1) is 6.92 Å². The molecule has 120 valence electrons. The van der Waals surface area contributed by atoms with Crippen LogP contribution in [-0.4, -0.2) is 36.3 Å². The zero-order chi connectivity index (χ0) is 16.0. The van der Waals surface area contributed by atoms with Crippen LogP contribution in [-0.2, 0) is 13.6 Å². The zero-order valence-corrected chi connectivity index (χ0v) is 13.1. The topological polar surface area (TPSA) is 92.8 Å². The average Bonchev–Trinajstić information content (AvgIpc) is 3.21. The molecule has 3 aromatic heterocycles. The number of likely N-dealkylation sites (tertiary alicyclic amines) is 1. The SMILES string of the molecule is Cc1cc(C2CCCN2Cc2nc3c(cnn3C)c(=O)[nH]2)no1. The van der Waals surface area contributed by atoms with Crippen molar-refractivity contribution in [2.75, 3.05) is 6.54 Å². The molecule has 3 aromatic rings. The summed E-state index contributed by atoms with van der Waals surface area (Å²) in [5.41, 5.74) is 1.41. The Balaban J connectivity index is 1.64. The van der Waals surface area contributed by atoms with Crippen molar-refractivity contribution >= 4 is 11.0 Å². The fourth-order valence-electron chi connectivity index (χ4n) is 3.24. The van der Waals surface area contributed by atoms with Crippen LogP contribution in [0.15, 0.2) is 21.6 Å². The zero-order valence-electron chi connectivity index (χ0n) is 13.1. The van der Waals surface area contributed by atoms with Gasteiger partial charge in [-0.1, -0.05) is 5.16 Å². The Bertz CT molecular complexity index is 908. The number of H-pyrrole nitrogens is 1. The highest BCUT2D eigenvalue weighted by atomic mass is 16.5. The molecule has 0 spiro atoms. The monoisotopic (exact) mass is 314 g/mol. The fourth-order valence-corrected chi connectivity index (χ4v) is 3.24. The third-order valence-corrected chi connectivity index (χ3v) is 4.35. The first kappa shape index (κ1) is 14.1. The summed E-state index contributed by atoms with van der Waals surface area (Å²) >= 11 is 0. The van der Waals surface area contributed by atoms with E-state index in [9.17, 15) is 4.79 Å². The van der Waals surface area contributed by atoms with Crippen LogP contribution in [0.4, 0.5) is 0 Å². The molecule has 8 heteroatoms. The predicted molar refractivity (Wildman–Crippen MR) is 82.8 cm³/mol. The minimum atomic E-state index is -0.147. The standard InChI is InChI=1S/C15H18N6O2/c1-9-6-11(19-23-9)12-4-3-5-21(12)8-13-17-14-10(15(22)18-13)7-16-20(14)2/h6-7,12H,3-5,8H2,1-2H3,(H,17,18,22). The van der Waals surface area contributed by atoms with Crippen LogP contribution < -0.4 is 5.56 Å². The second kappa shape index (κ2) is 5.31. The molecule has 0 aliphatic carbocycles. The smallest absolute Gasteiger partial charge is 0.262 e. The highest BCUT2D eigenvalue weighted by Crippen LogP contribution is 2.32. The van der Waals surface area contributed by atoms with Crippen LogP contribution in [0.2, 0.25) is 0 Å². The molecule has 0 aromatic carbocycles. The van der Waals surface area contributed by atoms with Crippen molar-refractivity contribution in [3.63, 3.8) is 0 Å². The number of hydrogen-bond donors (Lipinski definition) is 1. The second-order valence-corrected chi connectivity index (χ2v) is 6.01. The summed E-state index contributed by atoms with van der Waals surface area (Å²) in [5, 5.41) is 8.75. The molecule has 1 aliphatic rings. The van der Waals surface area contributed by atoms with Gasteiger partial charge in [0.2, 0.25) is 0 Å². The first-order valence-corrected chi connectivity index (χ1v) is 7.70. The number of aryl methyl sites for hydroxylation is 2. The van der Waals surface area contributed by atoms with Crippen LogP contribution in [0.5, 0.6) is 0 Å². The Labute approximate surface area is 132 Å². The van der Waals surface area contributed by atoms with Gasteiger partial charge in [0.1, 0.15) is 22.7 Å². The number of aromatic amines is 1. The molecule has 0 amide bonds. The molecule has 1 unspecified atom stereocenters. The van der Waals surface area contributed by atoms with Gasteiger partial charge in [0.05, 0.1) is 18.8 Å². The van der Waals surface area contributed by atoms with E-state index >= 15 is 0 Å². The second-order valence-electron chi connectivity index (χ2n) is 6.01. The molecule has 0 radical (unpaired) electrons. The Hall–Kier alpha value is -2.48. The van der Waals surface area contributed by atoms with E-state index < -0.39 is 0 Å². The van der Waals surface area contributed by atoms with Crippen LogP contribution in [0.1, 0.15) is 36.2 Å². The lowest BCUT2D eigenvalue weighted by Crippen LogP contribution is -2.26. The van der Waals surface area contributed by atoms with Gasteiger partial charge in [-0.25, -0.2) is 4.98 Å². The molecule has 1 aliphatic heterocycles. The van der Waals surface area contributed by atoms with Gasteiger partial charge in [0.15, 0.2) is 5.65 Å². The predicted octanol–water partition coefficient (Wildman–Crippen LogP) is 1.29. The molecule has 1 atom stereocenters. The maximum Gasteiger partial charge on any atom is 0.262 e. The Morgan fingerprint density at radius 1 is 1.48 bits per heavy atom. The number of nitrogens with one attached hydrogen (secondary N) is 1. The summed E-state index contributed by atoms with van der Waals surface area (Å²) in [6.07, 6.45) is 3.67. The number of rotatable bonds is 3. The molecule has 1 fully saturated rings. The summed E-state index contributed by atoms with van der Waals surface area (Å²) in [5.74, 6) is 1.47. The van der Waals surface area contributed by atoms with E-state index in [0.29, 0.717) is 23.4 Å². The van der Waals surface area contributed by atoms with Crippen molar-refractivity contribution in [1.29, 1.82) is 0 Å². The molecule has 0 saturated carbocycles. The number of aromatic nitrogens is 5. The minimum absolute atomic E-state index is 0.147. The quantitative estimate of drug-likeness (QED) is 0.783. The van der Waals surface area contributed by atoms with Gasteiger partial charge >= 0.3 is 0 Å². The van der Waals surface area contributed by atoms with Crippen LogP contribution in [0.3, 0.4) is 0 Å². The Morgan fingerprint density at radius 3 is 3.13 bits per heavy atom. The first-order valence-electron chi connectivity index (χ1n) is 7.70. The van der Waals surface area contributed by atoms with E-state index in [-0.39, 0.29) is 11.6 Å². The molecule has 8 nitrogen and oxygen atoms in total. The van der Waals surface area contributed by atoms with E-state index in [1.165, 1.54) is 0 Å². The maximum atomic E-state index is 12.1. The van der Waals surface area contributed by atoms with Gasteiger partial charge in [-0.3, -0.25) is 14.4 Å². The summed E-state index contributed by atoms with van der Waals surface area (Å²) in [6.45, 7) is 3.42. The molecule has 23 heavy (non-hydrogen) atoms. The van der Waals surface area contributed by atoms with E-state index in [1.807, 2.05) is 13.0 Å². The van der Waals surface area contributed by atoms with Gasteiger partial charge in [-0.15, -0.1) is 0 Å². The lowest BCUT2D eigenvalue weighted by Gasteiger charge is -2.21. The summed E-state index contributed by atoms with van der Waals surface area (Å²) in [7, 11) is 1.79. The summed E-state index contributed by atoms with van der Waals surface area (Å²) in [6, 6.07) is 2.18. The number of fused-ring (bicyclic) bond motifs is 1. The largest absolute Gasteiger partial charge is 0.361 e. The molecule has 1 N–H and O–H groups in total. The molecular weight excluding hydrogens is 296 g/mol. The number of hydrogen-bond acceptors (Lipinski definition) is 6. The molecule has 1 saturated heterocycles. The summed E-state index contributed by atoms with van der Waals surface area (Å²) < 4.78 is 6.82. The van der Waals surface area contributed by atoms with Gasteiger partial charge in [0, 0.05) is 13.1 Å². The number of nitrogens with zero attached hydrogens (tertiary/aromatic N) is 5. The molecule has 0 bridgehead atoms. The van der Waals surface area contributed by atoms with Crippen molar-refractivity contribution < 1.29 is 4.52 Å². The van der Waals surface area contributed by atoms with Gasteiger partial charge < -0.3 is 9.51 Å². The molecule has 4 heterocycles. The fraction of sp³-hybridized carbons (Fsp3) is 0.467. The molecule has 4 rings (SSSR count). The van der Waals surface area contributed by atoms with E-state index in [4.69, 9.17) is 4.52 Å². The lowest BCUT2D eigenvalue weighted by atomic mass is 10.1. The van der Waals surface area contributed by atoms with Crippen molar-refractivity contribution in [2.24, 2.45) is 7.05 Å². The van der Waals surface area contributed by atoms with E-state index in [2.05, 4.69) is 25.1 Å². The van der Waals surface area contributed by atoms with E-state index in [1.54, 1.807) is 17.9 Å². The van der Waals surface area contributed by atoms with Gasteiger partial charge in [-0.2, -0.15) is 5.10 Å².